The normalized spacial score (nSPS) is 11.6. The van der Waals surface area contributed by atoms with Crippen LogP contribution in [0.15, 0.2) is 24.3 Å². The van der Waals surface area contributed by atoms with Gasteiger partial charge in [0.25, 0.3) is 0 Å². The first-order chi connectivity index (χ1) is 28.2. The van der Waals surface area contributed by atoms with Crippen LogP contribution in [0.5, 0.6) is 5.75 Å². The maximum absolute atomic E-state index is 5.79. The Bertz CT molecular complexity index is 900. The van der Waals surface area contributed by atoms with E-state index in [-0.39, 0.29) is 0 Å². The van der Waals surface area contributed by atoms with E-state index in [1.807, 2.05) is 14.1 Å². The lowest BCUT2D eigenvalue weighted by atomic mass is 10.0. The van der Waals surface area contributed by atoms with Crippen molar-refractivity contribution >= 4 is 0 Å². The van der Waals surface area contributed by atoms with Gasteiger partial charge >= 0.3 is 0 Å². The summed E-state index contributed by atoms with van der Waals surface area (Å²) in [6, 6.07) is 8.46. The highest BCUT2D eigenvalue weighted by molar-refractivity contribution is 5.27. The molecule has 0 unspecified atom stereocenters. The van der Waals surface area contributed by atoms with Gasteiger partial charge in [0.1, 0.15) is 12.4 Å². The van der Waals surface area contributed by atoms with Crippen LogP contribution < -0.4 is 4.74 Å². The molecule has 0 radical (unpaired) electrons. The molecule has 0 heterocycles. The Kier molecular flexibility index (Phi) is 42.8. The molecule has 1 rings (SSSR count). The average Bonchev–Trinajstić information content (AvgIpc) is 3.21. The van der Waals surface area contributed by atoms with Crippen molar-refractivity contribution in [1.29, 1.82) is 0 Å². The zero-order valence-corrected chi connectivity index (χ0v) is 36.1. The fraction of sp³-hybridized carbons (Fsp3) is 0.860. The Morgan fingerprint density at radius 2 is 0.614 bits per heavy atom. The van der Waals surface area contributed by atoms with Crippen molar-refractivity contribution in [1.82, 2.24) is 4.90 Å². The van der Waals surface area contributed by atoms with E-state index in [0.717, 1.165) is 18.7 Å². The van der Waals surface area contributed by atoms with E-state index < -0.39 is 0 Å². The quantitative estimate of drug-likeness (QED) is 0.0809. The second kappa shape index (κ2) is 45.6. The van der Waals surface area contributed by atoms with Crippen LogP contribution in [-0.4, -0.2) is 191 Å². The third-order valence-electron chi connectivity index (χ3n) is 8.26. The van der Waals surface area contributed by atoms with Gasteiger partial charge in [0, 0.05) is 6.54 Å². The molecule has 0 fully saturated rings. The lowest BCUT2D eigenvalue weighted by Crippen LogP contribution is -2.19. The summed E-state index contributed by atoms with van der Waals surface area (Å²) in [7, 11) is 4.04. The molecular weight excluding hydrogens is 738 g/mol. The van der Waals surface area contributed by atoms with Gasteiger partial charge in [0.2, 0.25) is 0 Å². The van der Waals surface area contributed by atoms with Crippen molar-refractivity contribution in [2.24, 2.45) is 0 Å². The van der Waals surface area contributed by atoms with E-state index in [9.17, 15) is 0 Å². The molecule has 0 saturated heterocycles. The first-order valence-electron chi connectivity index (χ1n) is 21.5. The zero-order chi connectivity index (χ0) is 40.8. The molecule has 14 heteroatoms. The number of benzene rings is 1. The lowest BCUT2D eigenvalue weighted by molar-refractivity contribution is -0.0286. The fourth-order valence-corrected chi connectivity index (χ4v) is 5.03. The number of hydrogen-bond donors (Lipinski definition) is 0. The SMILES string of the molecule is CCCCCCCCCc1ccc(OCCOCCOCCOCCOCCOCCOCCOCCOCCOCCOCCOCCOCCN(C)C)cc1. The zero-order valence-electron chi connectivity index (χ0n) is 36.1. The second-order valence-corrected chi connectivity index (χ2v) is 13.5. The number of hydrogen-bond acceptors (Lipinski definition) is 14. The summed E-state index contributed by atoms with van der Waals surface area (Å²) in [6.45, 7) is 16.5. The van der Waals surface area contributed by atoms with Gasteiger partial charge in [-0.3, -0.25) is 0 Å². The van der Waals surface area contributed by atoms with Gasteiger partial charge in [-0.15, -0.1) is 0 Å². The topological polar surface area (TPSA) is 123 Å². The van der Waals surface area contributed by atoms with Crippen LogP contribution in [0.3, 0.4) is 0 Å². The van der Waals surface area contributed by atoms with E-state index >= 15 is 0 Å². The van der Waals surface area contributed by atoms with Crippen LogP contribution in [-0.2, 0) is 63.3 Å². The van der Waals surface area contributed by atoms with Crippen molar-refractivity contribution in [3.05, 3.63) is 29.8 Å². The highest BCUT2D eigenvalue weighted by Crippen LogP contribution is 2.15. The smallest absolute Gasteiger partial charge is 0.119 e. The summed E-state index contributed by atoms with van der Waals surface area (Å²) >= 11 is 0. The molecule has 57 heavy (non-hydrogen) atoms. The molecule has 0 aliphatic carbocycles. The molecule has 14 nitrogen and oxygen atoms in total. The first-order valence-corrected chi connectivity index (χ1v) is 21.5. The standard InChI is InChI=1S/C43H81NO13/c1-4-5-6-7-8-9-10-11-42-12-14-43(15-13-42)57-41-40-56-39-38-55-37-36-54-35-34-53-33-32-52-31-30-51-29-28-50-27-26-49-25-24-48-23-22-47-21-20-46-19-18-45-17-16-44(2)3/h12-15H,4-11,16-41H2,1-3H3. The maximum atomic E-state index is 5.79. The summed E-state index contributed by atoms with van der Waals surface area (Å²) in [4.78, 5) is 2.08. The predicted octanol–water partition coefficient (Wildman–Crippen LogP) is 5.12. The van der Waals surface area contributed by atoms with Gasteiger partial charge in [0.05, 0.1) is 159 Å². The van der Waals surface area contributed by atoms with Crippen LogP contribution in [0.25, 0.3) is 0 Å². The number of ether oxygens (including phenoxy) is 13. The third kappa shape index (κ3) is 42.4. The average molecular weight is 820 g/mol. The van der Waals surface area contributed by atoms with Crippen LogP contribution in [0, 0.1) is 0 Å². The largest absolute Gasteiger partial charge is 0.491 e. The number of unbranched alkanes of at least 4 members (excludes halogenated alkanes) is 6. The van der Waals surface area contributed by atoms with Crippen LogP contribution in [0.4, 0.5) is 0 Å². The summed E-state index contributed by atoms with van der Waals surface area (Å²) in [6.07, 6.45) is 10.5. The second-order valence-electron chi connectivity index (χ2n) is 13.5. The highest BCUT2D eigenvalue weighted by Gasteiger charge is 2.00. The molecule has 0 aromatic heterocycles. The minimum absolute atomic E-state index is 0.510. The first kappa shape index (κ1) is 53.5. The minimum Gasteiger partial charge on any atom is -0.491 e. The monoisotopic (exact) mass is 820 g/mol. The molecule has 0 saturated carbocycles. The minimum atomic E-state index is 0.510. The van der Waals surface area contributed by atoms with Crippen LogP contribution >= 0.6 is 0 Å². The van der Waals surface area contributed by atoms with Gasteiger partial charge in [-0.2, -0.15) is 0 Å². The summed E-state index contributed by atoms with van der Waals surface area (Å²) in [5.74, 6) is 0.886. The summed E-state index contributed by atoms with van der Waals surface area (Å²) in [5, 5.41) is 0. The highest BCUT2D eigenvalue weighted by atomic mass is 16.6. The molecule has 0 aliphatic rings. The number of rotatable bonds is 48. The summed E-state index contributed by atoms with van der Waals surface area (Å²) < 4.78 is 71.9. The van der Waals surface area contributed by atoms with Crippen molar-refractivity contribution in [3.63, 3.8) is 0 Å². The van der Waals surface area contributed by atoms with Crippen molar-refractivity contribution in [2.45, 2.75) is 58.3 Å². The van der Waals surface area contributed by atoms with E-state index in [4.69, 9.17) is 61.6 Å². The maximum Gasteiger partial charge on any atom is 0.119 e. The van der Waals surface area contributed by atoms with Gasteiger partial charge in [-0.25, -0.2) is 0 Å². The molecule has 0 bridgehead atoms. The van der Waals surface area contributed by atoms with Gasteiger partial charge in [0.15, 0.2) is 0 Å². The molecule has 0 N–H and O–H groups in total. The summed E-state index contributed by atoms with van der Waals surface area (Å²) in [5.41, 5.74) is 1.38. The van der Waals surface area contributed by atoms with E-state index in [0.29, 0.717) is 165 Å². The fourth-order valence-electron chi connectivity index (χ4n) is 5.03. The predicted molar refractivity (Wildman–Crippen MR) is 222 cm³/mol. The number of likely N-dealkylation sites (N-methyl/N-ethyl adjacent to an activating group) is 1. The molecule has 0 spiro atoms. The Hall–Kier alpha value is -1.50. The Morgan fingerprint density at radius 1 is 0.333 bits per heavy atom. The molecule has 0 aliphatic heterocycles. The lowest BCUT2D eigenvalue weighted by Gasteiger charge is -2.10. The molecule has 1 aromatic rings. The Balaban J connectivity index is 1.66. The van der Waals surface area contributed by atoms with Crippen molar-refractivity contribution < 1.29 is 61.6 Å². The van der Waals surface area contributed by atoms with Crippen molar-refractivity contribution in [2.75, 3.05) is 186 Å². The number of aryl methyl sites for hydroxylation is 1. The van der Waals surface area contributed by atoms with E-state index in [1.165, 1.54) is 50.5 Å². The molecular formula is C43H81NO13. The number of nitrogens with zero attached hydrogens (tertiary/aromatic N) is 1. The van der Waals surface area contributed by atoms with Crippen LogP contribution in [0.2, 0.25) is 0 Å². The third-order valence-corrected chi connectivity index (χ3v) is 8.26. The molecule has 336 valence electrons. The van der Waals surface area contributed by atoms with Crippen molar-refractivity contribution in [3.8, 4) is 5.75 Å². The molecule has 1 aromatic carbocycles. The van der Waals surface area contributed by atoms with E-state index in [2.05, 4.69) is 36.1 Å². The molecule has 0 atom stereocenters. The molecule has 0 amide bonds. The van der Waals surface area contributed by atoms with Gasteiger partial charge in [-0.05, 0) is 44.6 Å². The van der Waals surface area contributed by atoms with Crippen LogP contribution in [0.1, 0.15) is 57.4 Å². The van der Waals surface area contributed by atoms with E-state index in [1.54, 1.807) is 0 Å². The Labute approximate surface area is 345 Å². The van der Waals surface area contributed by atoms with Gasteiger partial charge < -0.3 is 66.5 Å². The Morgan fingerprint density at radius 3 is 0.930 bits per heavy atom. The van der Waals surface area contributed by atoms with Gasteiger partial charge in [-0.1, -0.05) is 57.6 Å².